The van der Waals surface area contributed by atoms with Gasteiger partial charge in [0.05, 0.1) is 4.92 Å². The Kier molecular flexibility index (Phi) is 4.96. The van der Waals surface area contributed by atoms with Crippen LogP contribution < -0.4 is 4.90 Å². The highest BCUT2D eigenvalue weighted by Crippen LogP contribution is 2.25. The summed E-state index contributed by atoms with van der Waals surface area (Å²) >= 11 is 1.67. The number of carboxylic acids is 1. The normalized spacial score (nSPS) is 10.1. The highest BCUT2D eigenvalue weighted by atomic mass is 32.2. The molecule has 7 heteroatoms. The summed E-state index contributed by atoms with van der Waals surface area (Å²) in [6, 6.07) is 4.14. The van der Waals surface area contributed by atoms with Gasteiger partial charge in [-0.2, -0.15) is 11.8 Å². The molecule has 0 amide bonds. The van der Waals surface area contributed by atoms with Crippen LogP contribution >= 0.6 is 11.8 Å². The van der Waals surface area contributed by atoms with Crippen molar-refractivity contribution in [3.05, 3.63) is 33.9 Å². The second-order valence-corrected chi connectivity index (χ2v) is 4.66. The highest BCUT2D eigenvalue weighted by molar-refractivity contribution is 7.98. The Hall–Kier alpha value is -1.76. The van der Waals surface area contributed by atoms with Crippen molar-refractivity contribution in [2.45, 2.75) is 0 Å². The quantitative estimate of drug-likeness (QED) is 0.629. The SMILES string of the molecule is CSCCN(C)c1ccc(C(=O)O)c([N+](=O)[O-])c1. The van der Waals surface area contributed by atoms with Gasteiger partial charge < -0.3 is 10.0 Å². The third kappa shape index (κ3) is 3.36. The van der Waals surface area contributed by atoms with E-state index >= 15 is 0 Å². The Morgan fingerprint density at radius 2 is 2.22 bits per heavy atom. The van der Waals surface area contributed by atoms with Gasteiger partial charge in [-0.1, -0.05) is 0 Å². The minimum Gasteiger partial charge on any atom is -0.477 e. The fraction of sp³-hybridized carbons (Fsp3) is 0.364. The second kappa shape index (κ2) is 6.25. The van der Waals surface area contributed by atoms with E-state index < -0.39 is 10.9 Å². The van der Waals surface area contributed by atoms with Gasteiger partial charge in [0, 0.05) is 31.1 Å². The lowest BCUT2D eigenvalue weighted by Crippen LogP contribution is -2.20. The monoisotopic (exact) mass is 270 g/mol. The van der Waals surface area contributed by atoms with Crippen LogP contribution in [0.25, 0.3) is 0 Å². The van der Waals surface area contributed by atoms with Crippen molar-refractivity contribution >= 4 is 29.1 Å². The number of rotatable bonds is 6. The molecule has 0 aromatic heterocycles. The molecule has 0 fully saturated rings. The molecule has 0 spiro atoms. The fourth-order valence-corrected chi connectivity index (χ4v) is 1.90. The van der Waals surface area contributed by atoms with Crippen LogP contribution in [0.4, 0.5) is 11.4 Å². The van der Waals surface area contributed by atoms with Crippen LogP contribution in [0.2, 0.25) is 0 Å². The van der Waals surface area contributed by atoms with E-state index in [1.165, 1.54) is 12.1 Å². The average molecular weight is 270 g/mol. The number of carbonyl (C=O) groups is 1. The van der Waals surface area contributed by atoms with Gasteiger partial charge in [-0.05, 0) is 18.4 Å². The zero-order valence-electron chi connectivity index (χ0n) is 10.1. The molecule has 1 aromatic rings. The maximum atomic E-state index is 10.9. The molecule has 0 atom stereocenters. The van der Waals surface area contributed by atoms with Gasteiger partial charge in [-0.25, -0.2) is 4.79 Å². The second-order valence-electron chi connectivity index (χ2n) is 3.68. The molecule has 1 N–H and O–H groups in total. The Morgan fingerprint density at radius 1 is 1.56 bits per heavy atom. The number of nitro groups is 1. The molecule has 18 heavy (non-hydrogen) atoms. The smallest absolute Gasteiger partial charge is 0.342 e. The Balaban J connectivity index is 3.07. The summed E-state index contributed by atoms with van der Waals surface area (Å²) in [4.78, 5) is 22.9. The van der Waals surface area contributed by atoms with Crippen LogP contribution in [0.1, 0.15) is 10.4 Å². The van der Waals surface area contributed by atoms with Gasteiger partial charge in [-0.15, -0.1) is 0 Å². The van der Waals surface area contributed by atoms with E-state index in [1.807, 2.05) is 18.2 Å². The lowest BCUT2D eigenvalue weighted by molar-refractivity contribution is -0.385. The number of anilines is 1. The third-order valence-electron chi connectivity index (χ3n) is 2.48. The first-order valence-electron chi connectivity index (χ1n) is 5.19. The van der Waals surface area contributed by atoms with Crippen molar-refractivity contribution in [1.82, 2.24) is 0 Å². The first-order valence-corrected chi connectivity index (χ1v) is 6.58. The fourth-order valence-electron chi connectivity index (χ4n) is 1.45. The number of nitro benzene ring substituents is 1. The average Bonchev–Trinajstić information content (AvgIpc) is 2.34. The van der Waals surface area contributed by atoms with Gasteiger partial charge in [0.2, 0.25) is 0 Å². The van der Waals surface area contributed by atoms with E-state index in [-0.39, 0.29) is 11.3 Å². The number of hydrogen-bond acceptors (Lipinski definition) is 5. The Bertz CT molecular complexity index is 464. The predicted octanol–water partition coefficient (Wildman–Crippen LogP) is 2.09. The van der Waals surface area contributed by atoms with Gasteiger partial charge >= 0.3 is 5.97 Å². The lowest BCUT2D eigenvalue weighted by atomic mass is 10.1. The van der Waals surface area contributed by atoms with Crippen molar-refractivity contribution in [3.63, 3.8) is 0 Å². The summed E-state index contributed by atoms with van der Waals surface area (Å²) < 4.78 is 0. The summed E-state index contributed by atoms with van der Waals surface area (Å²) in [5.41, 5.74) is -0.0289. The third-order valence-corrected chi connectivity index (χ3v) is 3.07. The summed E-state index contributed by atoms with van der Waals surface area (Å²) in [5.74, 6) is -0.398. The summed E-state index contributed by atoms with van der Waals surface area (Å²) in [7, 11) is 1.82. The molecule has 0 saturated carbocycles. The maximum Gasteiger partial charge on any atom is 0.342 e. The first-order chi connectivity index (χ1) is 8.47. The van der Waals surface area contributed by atoms with E-state index in [0.29, 0.717) is 5.69 Å². The maximum absolute atomic E-state index is 10.9. The van der Waals surface area contributed by atoms with Crippen LogP contribution in [0.5, 0.6) is 0 Å². The molecule has 0 bridgehead atoms. The van der Waals surface area contributed by atoms with Gasteiger partial charge in [0.15, 0.2) is 0 Å². The standard InChI is InChI=1S/C11H14N2O4S/c1-12(5-6-18-2)8-3-4-9(11(14)15)10(7-8)13(16)17/h3-4,7H,5-6H2,1-2H3,(H,14,15). The molecule has 0 aliphatic heterocycles. The molecule has 1 rings (SSSR count). The molecular formula is C11H14N2O4S. The van der Waals surface area contributed by atoms with Crippen molar-refractivity contribution in [3.8, 4) is 0 Å². The van der Waals surface area contributed by atoms with Crippen molar-refractivity contribution in [2.75, 3.05) is 30.5 Å². The predicted molar refractivity (Wildman–Crippen MR) is 71.7 cm³/mol. The van der Waals surface area contributed by atoms with E-state index in [4.69, 9.17) is 5.11 Å². The number of carboxylic acid groups (broad SMARTS) is 1. The summed E-state index contributed by atoms with van der Waals surface area (Å²) in [6.07, 6.45) is 1.98. The molecular weight excluding hydrogens is 256 g/mol. The molecule has 6 nitrogen and oxygen atoms in total. The van der Waals surface area contributed by atoms with Crippen molar-refractivity contribution in [2.24, 2.45) is 0 Å². The van der Waals surface area contributed by atoms with Crippen LogP contribution in [0, 0.1) is 10.1 Å². The van der Waals surface area contributed by atoms with Crippen molar-refractivity contribution in [1.29, 1.82) is 0 Å². The molecule has 0 aliphatic rings. The number of aromatic carboxylic acids is 1. The Labute approximate surface area is 109 Å². The minimum atomic E-state index is -1.29. The van der Waals surface area contributed by atoms with Gasteiger partial charge in [0.1, 0.15) is 5.56 Å². The van der Waals surface area contributed by atoms with Gasteiger partial charge in [-0.3, -0.25) is 10.1 Å². The zero-order chi connectivity index (χ0) is 13.7. The molecule has 98 valence electrons. The van der Waals surface area contributed by atoms with Crippen LogP contribution in [0.3, 0.4) is 0 Å². The van der Waals surface area contributed by atoms with E-state index in [1.54, 1.807) is 17.8 Å². The largest absolute Gasteiger partial charge is 0.477 e. The van der Waals surface area contributed by atoms with E-state index in [0.717, 1.165) is 12.3 Å². The number of benzene rings is 1. The van der Waals surface area contributed by atoms with Gasteiger partial charge in [0.25, 0.3) is 5.69 Å². The highest BCUT2D eigenvalue weighted by Gasteiger charge is 2.20. The molecule has 0 radical (unpaired) electrons. The molecule has 1 aromatic carbocycles. The lowest BCUT2D eigenvalue weighted by Gasteiger charge is -2.18. The molecule has 0 heterocycles. The minimum absolute atomic E-state index is 0.290. The number of hydrogen-bond donors (Lipinski definition) is 1. The van der Waals surface area contributed by atoms with E-state index in [9.17, 15) is 14.9 Å². The van der Waals surface area contributed by atoms with Crippen LogP contribution in [-0.2, 0) is 0 Å². The molecule has 0 unspecified atom stereocenters. The van der Waals surface area contributed by atoms with Crippen molar-refractivity contribution < 1.29 is 14.8 Å². The summed E-state index contributed by atoms with van der Waals surface area (Å²) in [6.45, 7) is 0.741. The number of thioether (sulfide) groups is 1. The Morgan fingerprint density at radius 3 is 2.72 bits per heavy atom. The van der Waals surface area contributed by atoms with Crippen LogP contribution in [-0.4, -0.2) is 41.6 Å². The molecule has 0 saturated heterocycles. The van der Waals surface area contributed by atoms with E-state index in [2.05, 4.69) is 0 Å². The summed E-state index contributed by atoms with van der Waals surface area (Å²) in [5, 5.41) is 19.7. The zero-order valence-corrected chi connectivity index (χ0v) is 10.9. The molecule has 0 aliphatic carbocycles. The first kappa shape index (κ1) is 14.3. The topological polar surface area (TPSA) is 83.7 Å². The van der Waals surface area contributed by atoms with Crippen LogP contribution in [0.15, 0.2) is 18.2 Å². The number of nitrogens with zero attached hydrogens (tertiary/aromatic N) is 2.